The van der Waals surface area contributed by atoms with Crippen LogP contribution in [-0.2, 0) is 0 Å². The third kappa shape index (κ3) is 2.85. The molecule has 1 unspecified atom stereocenters. The Morgan fingerprint density at radius 1 is 1.40 bits per heavy atom. The molecule has 0 spiro atoms. The van der Waals surface area contributed by atoms with Crippen LogP contribution in [0.5, 0.6) is 0 Å². The molecule has 0 radical (unpaired) electrons. The van der Waals surface area contributed by atoms with E-state index in [4.69, 9.17) is 0 Å². The van der Waals surface area contributed by atoms with Crippen molar-refractivity contribution in [3.8, 4) is 0 Å². The molecule has 1 fully saturated rings. The predicted octanol–water partition coefficient (Wildman–Crippen LogP) is 2.95. The van der Waals surface area contributed by atoms with Gasteiger partial charge in [0, 0.05) is 19.1 Å². The molecule has 3 nitrogen and oxygen atoms in total. The molecule has 110 valence electrons. The molecule has 2 rings (SSSR count). The number of hydrogen-bond donors (Lipinski definition) is 0. The summed E-state index contributed by atoms with van der Waals surface area (Å²) >= 11 is 0. The van der Waals surface area contributed by atoms with Crippen molar-refractivity contribution in [3.63, 3.8) is 0 Å². The van der Waals surface area contributed by atoms with Gasteiger partial charge >= 0.3 is 0 Å². The zero-order valence-electron chi connectivity index (χ0n) is 12.5. The normalized spacial score (nSPS) is 18.9. The van der Waals surface area contributed by atoms with Crippen LogP contribution in [0.4, 0.5) is 10.1 Å². The number of likely N-dealkylation sites (N-methyl/N-ethyl adjacent to an activating group) is 1. The Morgan fingerprint density at radius 3 is 2.70 bits per heavy atom. The maximum atomic E-state index is 13.9. The number of rotatable bonds is 5. The molecule has 1 aromatic carbocycles. The van der Waals surface area contributed by atoms with E-state index in [1.54, 1.807) is 6.07 Å². The van der Waals surface area contributed by atoms with Gasteiger partial charge in [0.1, 0.15) is 5.82 Å². The Bertz CT molecular complexity index is 485. The van der Waals surface area contributed by atoms with Gasteiger partial charge in [0.25, 0.3) is 0 Å². The van der Waals surface area contributed by atoms with E-state index in [9.17, 15) is 9.18 Å². The van der Waals surface area contributed by atoms with E-state index in [-0.39, 0.29) is 11.3 Å². The first-order valence-electron chi connectivity index (χ1n) is 7.36. The molecule has 0 amide bonds. The van der Waals surface area contributed by atoms with Gasteiger partial charge in [0.2, 0.25) is 0 Å². The number of nitrogens with zero attached hydrogens (tertiary/aromatic N) is 2. The molecule has 0 aromatic heterocycles. The Labute approximate surface area is 120 Å². The molecule has 20 heavy (non-hydrogen) atoms. The minimum Gasteiger partial charge on any atom is -0.369 e. The third-order valence-corrected chi connectivity index (χ3v) is 4.18. The van der Waals surface area contributed by atoms with Crippen LogP contribution in [0.2, 0.25) is 0 Å². The quantitative estimate of drug-likeness (QED) is 0.774. The van der Waals surface area contributed by atoms with Crippen molar-refractivity contribution in [1.82, 2.24) is 4.90 Å². The highest BCUT2D eigenvalue weighted by atomic mass is 19.1. The summed E-state index contributed by atoms with van der Waals surface area (Å²) in [6.07, 6.45) is 1.07. The summed E-state index contributed by atoms with van der Waals surface area (Å²) in [5, 5.41) is 0. The van der Waals surface area contributed by atoms with Gasteiger partial charge in [-0.2, -0.15) is 0 Å². The Balaban J connectivity index is 2.22. The second-order valence-corrected chi connectivity index (χ2v) is 5.30. The number of halogens is 1. The van der Waals surface area contributed by atoms with Crippen LogP contribution in [-0.4, -0.2) is 42.9 Å². The molecular weight excluding hydrogens is 255 g/mol. The standard InChI is InChI=1S/C16H23FN2O/c1-4-18(5-2)13-9-10-19(11-13)15-8-6-7-14(17)16(15)12(3)20/h6-8,13H,4-5,9-11H2,1-3H3. The van der Waals surface area contributed by atoms with Crippen molar-refractivity contribution in [2.75, 3.05) is 31.1 Å². The second-order valence-electron chi connectivity index (χ2n) is 5.30. The van der Waals surface area contributed by atoms with E-state index in [2.05, 4.69) is 23.6 Å². The number of carbonyl (C=O) groups is 1. The minimum atomic E-state index is -0.415. The van der Waals surface area contributed by atoms with Gasteiger partial charge in [0.15, 0.2) is 5.78 Å². The molecule has 1 aromatic rings. The van der Waals surface area contributed by atoms with Crippen LogP contribution >= 0.6 is 0 Å². The molecule has 0 saturated carbocycles. The summed E-state index contributed by atoms with van der Waals surface area (Å²) in [6, 6.07) is 5.39. The van der Waals surface area contributed by atoms with Crippen LogP contribution in [0.25, 0.3) is 0 Å². The number of carbonyl (C=O) groups excluding carboxylic acids is 1. The van der Waals surface area contributed by atoms with E-state index >= 15 is 0 Å². The lowest BCUT2D eigenvalue weighted by Crippen LogP contribution is -2.37. The lowest BCUT2D eigenvalue weighted by atomic mass is 10.1. The van der Waals surface area contributed by atoms with Crippen LogP contribution in [0.1, 0.15) is 37.6 Å². The number of hydrogen-bond acceptors (Lipinski definition) is 3. The number of benzene rings is 1. The summed E-state index contributed by atoms with van der Waals surface area (Å²) in [7, 11) is 0. The van der Waals surface area contributed by atoms with Gasteiger partial charge < -0.3 is 4.90 Å². The predicted molar refractivity (Wildman–Crippen MR) is 79.9 cm³/mol. The summed E-state index contributed by atoms with van der Waals surface area (Å²) in [6.45, 7) is 9.55. The van der Waals surface area contributed by atoms with Gasteiger partial charge in [-0.1, -0.05) is 19.9 Å². The largest absolute Gasteiger partial charge is 0.369 e. The van der Waals surface area contributed by atoms with Crippen molar-refractivity contribution in [2.45, 2.75) is 33.2 Å². The fraction of sp³-hybridized carbons (Fsp3) is 0.562. The summed E-state index contributed by atoms with van der Waals surface area (Å²) in [5.74, 6) is -0.620. The van der Waals surface area contributed by atoms with Gasteiger partial charge in [0.05, 0.1) is 11.3 Å². The molecule has 1 saturated heterocycles. The van der Waals surface area contributed by atoms with E-state index in [1.165, 1.54) is 13.0 Å². The number of Topliss-reactive ketones (excluding diaryl/α,β-unsaturated/α-hetero) is 1. The van der Waals surface area contributed by atoms with Gasteiger partial charge in [-0.25, -0.2) is 4.39 Å². The molecule has 1 aliphatic heterocycles. The van der Waals surface area contributed by atoms with Crippen molar-refractivity contribution in [1.29, 1.82) is 0 Å². The highest BCUT2D eigenvalue weighted by Crippen LogP contribution is 2.28. The minimum absolute atomic E-state index is 0.204. The Hall–Kier alpha value is -1.42. The third-order valence-electron chi connectivity index (χ3n) is 4.18. The maximum absolute atomic E-state index is 13.9. The fourth-order valence-electron chi connectivity index (χ4n) is 3.12. The van der Waals surface area contributed by atoms with Crippen molar-refractivity contribution in [2.24, 2.45) is 0 Å². The van der Waals surface area contributed by atoms with E-state index in [0.29, 0.717) is 6.04 Å². The number of anilines is 1. The Kier molecular flexibility index (Phi) is 4.76. The average molecular weight is 278 g/mol. The first-order chi connectivity index (χ1) is 9.58. The van der Waals surface area contributed by atoms with Crippen LogP contribution < -0.4 is 4.90 Å². The molecule has 1 heterocycles. The fourth-order valence-corrected chi connectivity index (χ4v) is 3.12. The lowest BCUT2D eigenvalue weighted by Gasteiger charge is -2.27. The van der Waals surface area contributed by atoms with Crippen molar-refractivity contribution < 1.29 is 9.18 Å². The van der Waals surface area contributed by atoms with Crippen LogP contribution in [0, 0.1) is 5.82 Å². The first kappa shape index (κ1) is 15.0. The van der Waals surface area contributed by atoms with Gasteiger partial charge in [-0.05, 0) is 38.6 Å². The van der Waals surface area contributed by atoms with E-state index < -0.39 is 5.82 Å². The molecule has 0 bridgehead atoms. The topological polar surface area (TPSA) is 23.6 Å². The smallest absolute Gasteiger partial charge is 0.164 e. The van der Waals surface area contributed by atoms with E-state index in [1.807, 2.05) is 6.07 Å². The molecule has 1 atom stereocenters. The molecule has 0 N–H and O–H groups in total. The van der Waals surface area contributed by atoms with Crippen LogP contribution in [0.3, 0.4) is 0 Å². The Morgan fingerprint density at radius 2 is 2.10 bits per heavy atom. The summed E-state index contributed by atoms with van der Waals surface area (Å²) < 4.78 is 13.9. The maximum Gasteiger partial charge on any atom is 0.164 e. The molecule has 4 heteroatoms. The monoisotopic (exact) mass is 278 g/mol. The van der Waals surface area contributed by atoms with Gasteiger partial charge in [-0.3, -0.25) is 9.69 Å². The summed E-state index contributed by atoms with van der Waals surface area (Å²) in [4.78, 5) is 16.3. The van der Waals surface area contributed by atoms with Crippen molar-refractivity contribution in [3.05, 3.63) is 29.6 Å². The lowest BCUT2D eigenvalue weighted by molar-refractivity contribution is 0.101. The van der Waals surface area contributed by atoms with Crippen LogP contribution in [0.15, 0.2) is 18.2 Å². The molecular formula is C16H23FN2O. The highest BCUT2D eigenvalue weighted by Gasteiger charge is 2.28. The second kappa shape index (κ2) is 6.35. The molecule has 1 aliphatic rings. The first-order valence-corrected chi connectivity index (χ1v) is 7.36. The highest BCUT2D eigenvalue weighted by molar-refractivity contribution is 6.00. The van der Waals surface area contributed by atoms with Crippen molar-refractivity contribution >= 4 is 11.5 Å². The zero-order chi connectivity index (χ0) is 14.7. The summed E-state index contributed by atoms with van der Waals surface area (Å²) in [5.41, 5.74) is 0.972. The molecule has 0 aliphatic carbocycles. The van der Waals surface area contributed by atoms with E-state index in [0.717, 1.165) is 38.3 Å². The van der Waals surface area contributed by atoms with Gasteiger partial charge in [-0.15, -0.1) is 0 Å². The number of ketones is 1. The zero-order valence-corrected chi connectivity index (χ0v) is 12.5. The average Bonchev–Trinajstić information content (AvgIpc) is 2.89. The SMILES string of the molecule is CCN(CC)C1CCN(c2cccc(F)c2C(C)=O)C1.